The van der Waals surface area contributed by atoms with E-state index in [1.54, 1.807) is 18.3 Å². The lowest BCUT2D eigenvalue weighted by atomic mass is 9.85. The van der Waals surface area contributed by atoms with Gasteiger partial charge in [0.25, 0.3) is 0 Å². The van der Waals surface area contributed by atoms with Gasteiger partial charge in [0.2, 0.25) is 5.91 Å². The monoisotopic (exact) mass is 526 g/mol. The smallest absolute Gasteiger partial charge is 0.318 e. The molecule has 3 amide bonds. The van der Waals surface area contributed by atoms with E-state index in [-0.39, 0.29) is 17.9 Å². The van der Waals surface area contributed by atoms with Gasteiger partial charge in [-0.05, 0) is 64.8 Å². The molecule has 11 heteroatoms. The summed E-state index contributed by atoms with van der Waals surface area (Å²) in [6.07, 6.45) is 3.68. The zero-order valence-corrected chi connectivity index (χ0v) is 23.4. The Morgan fingerprint density at radius 1 is 1.24 bits per heavy atom. The fraction of sp³-hybridized carbons (Fsp3) is 0.630. The van der Waals surface area contributed by atoms with Gasteiger partial charge >= 0.3 is 6.03 Å². The molecule has 11 nitrogen and oxygen atoms in total. The average Bonchev–Trinajstić information content (AvgIpc) is 3.40. The number of nitrogens with one attached hydrogen (secondary N) is 4. The van der Waals surface area contributed by atoms with E-state index < -0.39 is 5.54 Å². The van der Waals surface area contributed by atoms with Crippen molar-refractivity contribution in [3.05, 3.63) is 29.6 Å². The number of urea groups is 1. The number of aromatic nitrogens is 3. The van der Waals surface area contributed by atoms with Crippen LogP contribution in [0.25, 0.3) is 0 Å². The molecule has 2 aromatic rings. The van der Waals surface area contributed by atoms with Crippen LogP contribution in [0.5, 0.6) is 0 Å². The van der Waals surface area contributed by atoms with E-state index in [9.17, 15) is 9.59 Å². The van der Waals surface area contributed by atoms with Crippen molar-refractivity contribution in [1.29, 1.82) is 0 Å². The molecule has 0 radical (unpaired) electrons. The summed E-state index contributed by atoms with van der Waals surface area (Å²) in [6.45, 7) is 11.3. The molecule has 2 aromatic heterocycles. The number of nitrogens with zero attached hydrogens (tertiary/aromatic N) is 4. The van der Waals surface area contributed by atoms with Crippen molar-refractivity contribution < 1.29 is 14.3 Å². The molecule has 0 aromatic carbocycles. The van der Waals surface area contributed by atoms with E-state index in [1.807, 2.05) is 32.6 Å². The van der Waals surface area contributed by atoms with E-state index in [4.69, 9.17) is 4.74 Å². The van der Waals surface area contributed by atoms with E-state index in [0.29, 0.717) is 42.2 Å². The third kappa shape index (κ3) is 6.27. The number of rotatable bonds is 9. The number of anilines is 3. The second-order valence-electron chi connectivity index (χ2n) is 11.4. The van der Waals surface area contributed by atoms with Gasteiger partial charge in [-0.3, -0.25) is 9.89 Å². The number of ether oxygens (including phenoxy) is 1. The van der Waals surface area contributed by atoms with Crippen LogP contribution in [0.3, 0.4) is 0 Å². The van der Waals surface area contributed by atoms with Crippen LogP contribution in [0.4, 0.5) is 22.1 Å². The van der Waals surface area contributed by atoms with Crippen molar-refractivity contribution in [2.75, 3.05) is 51.0 Å². The van der Waals surface area contributed by atoms with E-state index in [1.165, 1.54) is 0 Å². The Bertz CT molecular complexity index is 1110. The highest BCUT2D eigenvalue weighted by molar-refractivity contribution is 5.92. The number of pyridine rings is 1. The first-order chi connectivity index (χ1) is 18.1. The number of fused-ring (bicyclic) bond motifs is 1. The maximum absolute atomic E-state index is 13.4. The molecule has 0 aliphatic carbocycles. The zero-order valence-electron chi connectivity index (χ0n) is 23.4. The van der Waals surface area contributed by atoms with Crippen molar-refractivity contribution >= 4 is 29.3 Å². The van der Waals surface area contributed by atoms with Gasteiger partial charge in [-0.2, -0.15) is 5.10 Å². The van der Waals surface area contributed by atoms with Gasteiger partial charge in [-0.1, -0.05) is 13.8 Å². The summed E-state index contributed by atoms with van der Waals surface area (Å²) < 4.78 is 5.55. The summed E-state index contributed by atoms with van der Waals surface area (Å²) in [5, 5.41) is 16.9. The summed E-state index contributed by atoms with van der Waals surface area (Å²) in [5.41, 5.74) is 1.95. The van der Waals surface area contributed by atoms with Crippen LogP contribution in [0.1, 0.15) is 51.8 Å². The summed E-state index contributed by atoms with van der Waals surface area (Å²) in [7, 11) is 4.16. The lowest BCUT2D eigenvalue weighted by molar-refractivity contribution is -0.118. The fourth-order valence-corrected chi connectivity index (χ4v) is 5.24. The van der Waals surface area contributed by atoms with Crippen molar-refractivity contribution in [2.45, 2.75) is 52.6 Å². The molecule has 1 saturated heterocycles. The number of hydrogen-bond acceptors (Lipinski definition) is 7. The number of H-pyrrole nitrogens is 1. The molecule has 4 heterocycles. The van der Waals surface area contributed by atoms with Gasteiger partial charge in [-0.25, -0.2) is 9.78 Å². The summed E-state index contributed by atoms with van der Waals surface area (Å²) in [5.74, 6) is 2.00. The quantitative estimate of drug-likeness (QED) is 0.394. The minimum Gasteiger partial charge on any atom is -0.381 e. The van der Waals surface area contributed by atoms with Crippen molar-refractivity contribution in [2.24, 2.45) is 17.8 Å². The summed E-state index contributed by atoms with van der Waals surface area (Å²) >= 11 is 0. The number of hydrogen-bond donors (Lipinski definition) is 4. The van der Waals surface area contributed by atoms with Crippen LogP contribution < -0.4 is 16.0 Å². The highest BCUT2D eigenvalue weighted by Crippen LogP contribution is 2.41. The molecule has 1 fully saturated rings. The number of carbonyl (C=O) groups is 2. The predicted octanol–water partition coefficient (Wildman–Crippen LogP) is 3.51. The molecular weight excluding hydrogens is 484 g/mol. The van der Waals surface area contributed by atoms with Gasteiger partial charge in [0.1, 0.15) is 5.82 Å². The molecule has 2 aliphatic rings. The highest BCUT2D eigenvalue weighted by atomic mass is 16.5. The summed E-state index contributed by atoms with van der Waals surface area (Å²) in [6, 6.07) is 3.52. The van der Waals surface area contributed by atoms with E-state index in [2.05, 4.69) is 50.1 Å². The molecule has 1 atom stereocenters. The Morgan fingerprint density at radius 3 is 2.61 bits per heavy atom. The molecule has 4 rings (SSSR count). The van der Waals surface area contributed by atoms with Crippen LogP contribution in [0.2, 0.25) is 0 Å². The topological polar surface area (TPSA) is 128 Å². The van der Waals surface area contributed by atoms with Crippen molar-refractivity contribution in [3.63, 3.8) is 0 Å². The molecule has 0 unspecified atom stereocenters. The minimum atomic E-state index is -0.541. The lowest BCUT2D eigenvalue weighted by Crippen LogP contribution is -2.49. The molecule has 208 valence electrons. The molecule has 0 spiro atoms. The zero-order chi connectivity index (χ0) is 27.4. The Labute approximate surface area is 225 Å². The van der Waals surface area contributed by atoms with Crippen LogP contribution in [0.15, 0.2) is 18.3 Å². The van der Waals surface area contributed by atoms with Crippen LogP contribution >= 0.6 is 0 Å². The third-order valence-electron chi connectivity index (χ3n) is 7.56. The van der Waals surface area contributed by atoms with Crippen LogP contribution in [-0.2, 0) is 21.6 Å². The van der Waals surface area contributed by atoms with Gasteiger partial charge in [0.05, 0.1) is 29.7 Å². The molecular formula is C27H42N8O3. The third-order valence-corrected chi connectivity index (χ3v) is 7.56. The largest absolute Gasteiger partial charge is 0.381 e. The van der Waals surface area contributed by atoms with E-state index >= 15 is 0 Å². The van der Waals surface area contributed by atoms with Crippen molar-refractivity contribution in [1.82, 2.24) is 30.3 Å². The van der Waals surface area contributed by atoms with Crippen LogP contribution in [-0.4, -0.2) is 77.3 Å². The van der Waals surface area contributed by atoms with Crippen LogP contribution in [0, 0.1) is 17.8 Å². The average molecular weight is 527 g/mol. The second kappa shape index (κ2) is 11.7. The first kappa shape index (κ1) is 27.8. The Morgan fingerprint density at radius 2 is 1.97 bits per heavy atom. The molecule has 4 N–H and O–H groups in total. The standard InChI is InChI=1S/C27H42N8O3/c1-17(2)25(36)30-20-7-8-22(28-14-20)31-24-21-16-35(27(3,4)23(21)32-33-24)26(37)29-13-19(15-34(5)6)18-9-11-38-12-10-18/h7-8,14,17-19H,9-13,15-16H2,1-6H3,(H,29,37)(H,30,36)(H2,28,31,32,33)/t19-/m1/s1. The highest BCUT2D eigenvalue weighted by Gasteiger charge is 2.44. The van der Waals surface area contributed by atoms with Gasteiger partial charge in [0, 0.05) is 37.8 Å². The van der Waals surface area contributed by atoms with Crippen molar-refractivity contribution in [3.8, 4) is 0 Å². The first-order valence-electron chi connectivity index (χ1n) is 13.5. The van der Waals surface area contributed by atoms with Gasteiger partial charge < -0.3 is 30.5 Å². The second-order valence-corrected chi connectivity index (χ2v) is 11.4. The SMILES string of the molecule is CC(C)C(=O)Nc1ccc(Nc2n[nH]c3c2CN(C(=O)NC[C@H](CN(C)C)C2CCOCC2)C3(C)C)nc1. The number of aromatic amines is 1. The number of amides is 3. The molecule has 38 heavy (non-hydrogen) atoms. The summed E-state index contributed by atoms with van der Waals surface area (Å²) in [4.78, 5) is 33.8. The van der Waals surface area contributed by atoms with E-state index in [0.717, 1.165) is 43.9 Å². The number of carbonyl (C=O) groups excluding carboxylic acids is 2. The maximum atomic E-state index is 13.4. The first-order valence-corrected chi connectivity index (χ1v) is 13.5. The molecule has 0 saturated carbocycles. The molecule has 0 bridgehead atoms. The maximum Gasteiger partial charge on any atom is 0.318 e. The normalized spacial score (nSPS) is 17.9. The molecule has 2 aliphatic heterocycles. The van der Waals surface area contributed by atoms with Gasteiger partial charge in [-0.15, -0.1) is 0 Å². The lowest BCUT2D eigenvalue weighted by Gasteiger charge is -2.35. The predicted molar refractivity (Wildman–Crippen MR) is 147 cm³/mol. The Kier molecular flexibility index (Phi) is 8.57. The Hall–Kier alpha value is -3.18. The Balaban J connectivity index is 1.40. The minimum absolute atomic E-state index is 0.0565. The fourth-order valence-electron chi connectivity index (χ4n) is 5.24. The van der Waals surface area contributed by atoms with Gasteiger partial charge in [0.15, 0.2) is 5.82 Å².